The number of rotatable bonds is 2. The minimum atomic E-state index is -0.612. The third kappa shape index (κ3) is 10.7. The van der Waals surface area contributed by atoms with Gasteiger partial charge in [0.1, 0.15) is 6.10 Å². The molecule has 0 amide bonds. The van der Waals surface area contributed by atoms with Crippen LogP contribution < -0.4 is 0 Å². The van der Waals surface area contributed by atoms with Gasteiger partial charge in [0.15, 0.2) is 0 Å². The molecule has 0 rings (SSSR count). The summed E-state index contributed by atoms with van der Waals surface area (Å²) in [5.74, 6) is 0. The summed E-state index contributed by atoms with van der Waals surface area (Å²) in [5.41, 5.74) is 0. The van der Waals surface area contributed by atoms with Gasteiger partial charge in [0.2, 0.25) is 0 Å². The van der Waals surface area contributed by atoms with Crippen molar-refractivity contribution < 1.29 is 9.09 Å². The van der Waals surface area contributed by atoms with E-state index in [-0.39, 0.29) is 13.5 Å². The first-order valence-corrected chi connectivity index (χ1v) is 2.62. The fourth-order valence-electron chi connectivity index (χ4n) is 0.0962. The Bertz CT molecular complexity index is 45.0. The Labute approximate surface area is 46.2 Å². The largest absolute Gasteiger partial charge is 0.494 e. The zero-order chi connectivity index (χ0) is 4.99. The van der Waals surface area contributed by atoms with Crippen LogP contribution in [-0.4, -0.2) is 6.10 Å². The maximum absolute atomic E-state index is 9.55. The molecule has 0 bridgehead atoms. The SMILES string of the molecule is C.CC(C)O[PH+]=O. The molecule has 0 aliphatic carbocycles. The lowest BCUT2D eigenvalue weighted by molar-refractivity contribution is 0.267. The Kier molecular flexibility index (Phi) is 8.77. The van der Waals surface area contributed by atoms with Crippen LogP contribution in [0.5, 0.6) is 0 Å². The molecular weight excluding hydrogens is 111 g/mol. The molecule has 0 N–H and O–H groups in total. The number of hydrogen-bond donors (Lipinski definition) is 0. The van der Waals surface area contributed by atoms with Crippen LogP contribution in [0.25, 0.3) is 0 Å². The third-order valence-electron chi connectivity index (χ3n) is 0.284. The highest BCUT2D eigenvalue weighted by atomic mass is 31.1. The summed E-state index contributed by atoms with van der Waals surface area (Å²) in [7, 11) is -0.612. The van der Waals surface area contributed by atoms with Gasteiger partial charge in [-0.2, -0.15) is 0 Å². The van der Waals surface area contributed by atoms with E-state index in [0.29, 0.717) is 0 Å². The van der Waals surface area contributed by atoms with Gasteiger partial charge < -0.3 is 0 Å². The molecule has 0 saturated carbocycles. The van der Waals surface area contributed by atoms with Crippen LogP contribution in [0.3, 0.4) is 0 Å². The molecule has 1 unspecified atom stereocenters. The summed E-state index contributed by atoms with van der Waals surface area (Å²) in [4.78, 5) is 0. The van der Waals surface area contributed by atoms with Gasteiger partial charge in [-0.25, -0.2) is 0 Å². The molecule has 0 spiro atoms. The maximum atomic E-state index is 9.55. The van der Waals surface area contributed by atoms with Crippen molar-refractivity contribution >= 4 is 8.69 Å². The molecule has 0 aromatic carbocycles. The monoisotopic (exact) mass is 123 g/mol. The van der Waals surface area contributed by atoms with Crippen molar-refractivity contribution in [2.75, 3.05) is 0 Å². The van der Waals surface area contributed by atoms with Gasteiger partial charge in [0.05, 0.1) is 0 Å². The molecule has 0 radical (unpaired) electrons. The fourth-order valence-corrected chi connectivity index (χ4v) is 0.289. The van der Waals surface area contributed by atoms with Gasteiger partial charge in [0.25, 0.3) is 0 Å². The molecule has 2 nitrogen and oxygen atoms in total. The first kappa shape index (κ1) is 10.1. The van der Waals surface area contributed by atoms with E-state index in [1.165, 1.54) is 0 Å². The van der Waals surface area contributed by atoms with Gasteiger partial charge in [-0.15, -0.1) is 4.52 Å². The second-order valence-corrected chi connectivity index (χ2v) is 1.65. The Balaban J connectivity index is 0. The lowest BCUT2D eigenvalue weighted by atomic mass is 10.5. The van der Waals surface area contributed by atoms with Crippen molar-refractivity contribution in [2.45, 2.75) is 27.4 Å². The molecule has 7 heavy (non-hydrogen) atoms. The Morgan fingerprint density at radius 2 is 2.00 bits per heavy atom. The molecule has 3 heteroatoms. The molecule has 44 valence electrons. The van der Waals surface area contributed by atoms with Gasteiger partial charge in [0, 0.05) is 0 Å². The van der Waals surface area contributed by atoms with Crippen LogP contribution in [0, 0.1) is 0 Å². The minimum Gasteiger partial charge on any atom is -0.145 e. The molecule has 0 aromatic rings. The lowest BCUT2D eigenvalue weighted by Gasteiger charge is -1.83. The van der Waals surface area contributed by atoms with Crippen LogP contribution in [0.15, 0.2) is 0 Å². The van der Waals surface area contributed by atoms with Gasteiger partial charge in [-0.3, -0.25) is 0 Å². The maximum Gasteiger partial charge on any atom is 0.494 e. The molecule has 0 saturated heterocycles. The molecule has 0 aliphatic heterocycles. The van der Waals surface area contributed by atoms with E-state index in [1.807, 2.05) is 13.8 Å². The van der Waals surface area contributed by atoms with E-state index in [2.05, 4.69) is 4.52 Å². The average molecular weight is 123 g/mol. The summed E-state index contributed by atoms with van der Waals surface area (Å²) in [6.45, 7) is 3.68. The summed E-state index contributed by atoms with van der Waals surface area (Å²) < 4.78 is 14.1. The average Bonchev–Trinajstić information content (AvgIpc) is 1.35. The lowest BCUT2D eigenvalue weighted by Crippen LogP contribution is -1.89. The first-order valence-electron chi connectivity index (χ1n) is 1.80. The second kappa shape index (κ2) is 6.06. The third-order valence-corrected chi connectivity index (χ3v) is 0.851. The molecule has 0 aliphatic rings. The molecule has 0 aromatic heterocycles. The molecule has 0 fully saturated rings. The standard InChI is InChI=1S/C3H8O2P.CH4/c1-3(2)5-6-4;/h3,6H,1-2H3;1H4/q+1;. The van der Waals surface area contributed by atoms with Crippen LogP contribution >= 0.6 is 8.69 Å². The quantitative estimate of drug-likeness (QED) is 0.525. The summed E-state index contributed by atoms with van der Waals surface area (Å²) >= 11 is 0. The van der Waals surface area contributed by atoms with Crippen molar-refractivity contribution in [1.82, 2.24) is 0 Å². The Hall–Kier alpha value is 0.0600. The van der Waals surface area contributed by atoms with E-state index in [0.717, 1.165) is 0 Å². The Morgan fingerprint density at radius 3 is 2.00 bits per heavy atom. The highest BCUT2D eigenvalue weighted by Crippen LogP contribution is 1.98. The van der Waals surface area contributed by atoms with Crippen molar-refractivity contribution in [3.63, 3.8) is 0 Å². The van der Waals surface area contributed by atoms with E-state index in [1.54, 1.807) is 0 Å². The van der Waals surface area contributed by atoms with Crippen molar-refractivity contribution in [2.24, 2.45) is 0 Å². The van der Waals surface area contributed by atoms with Crippen molar-refractivity contribution in [3.05, 3.63) is 0 Å². The predicted octanol–water partition coefficient (Wildman–Crippen LogP) is 1.99. The molecule has 0 heterocycles. The van der Waals surface area contributed by atoms with Gasteiger partial charge in [-0.1, -0.05) is 7.43 Å². The van der Waals surface area contributed by atoms with E-state index < -0.39 is 8.69 Å². The summed E-state index contributed by atoms with van der Waals surface area (Å²) in [6.07, 6.45) is 0.0980. The van der Waals surface area contributed by atoms with Gasteiger partial charge in [-0.05, 0) is 18.4 Å². The van der Waals surface area contributed by atoms with Crippen LogP contribution in [0.2, 0.25) is 0 Å². The zero-order valence-electron chi connectivity index (χ0n) is 3.89. The van der Waals surface area contributed by atoms with Crippen molar-refractivity contribution in [3.8, 4) is 0 Å². The van der Waals surface area contributed by atoms with Crippen molar-refractivity contribution in [1.29, 1.82) is 0 Å². The number of hydrogen-bond acceptors (Lipinski definition) is 2. The highest BCUT2D eigenvalue weighted by molar-refractivity contribution is 7.17. The summed E-state index contributed by atoms with van der Waals surface area (Å²) in [5, 5.41) is 0. The first-order chi connectivity index (χ1) is 2.77. The molecule has 1 atom stereocenters. The zero-order valence-corrected chi connectivity index (χ0v) is 4.89. The second-order valence-electron chi connectivity index (χ2n) is 1.25. The topological polar surface area (TPSA) is 26.3 Å². The Morgan fingerprint density at radius 1 is 1.57 bits per heavy atom. The predicted molar refractivity (Wildman–Crippen MR) is 32.0 cm³/mol. The van der Waals surface area contributed by atoms with Crippen LogP contribution in [0.1, 0.15) is 21.3 Å². The van der Waals surface area contributed by atoms with Crippen LogP contribution in [0.4, 0.5) is 0 Å². The highest BCUT2D eigenvalue weighted by Gasteiger charge is 1.94. The fraction of sp³-hybridized carbons (Fsp3) is 1.00. The van der Waals surface area contributed by atoms with E-state index in [9.17, 15) is 4.57 Å². The normalized spacial score (nSPS) is 9.00. The minimum absolute atomic E-state index is 0. The summed E-state index contributed by atoms with van der Waals surface area (Å²) in [6, 6.07) is 0. The smallest absolute Gasteiger partial charge is 0.145 e. The van der Waals surface area contributed by atoms with Crippen LogP contribution in [-0.2, 0) is 9.09 Å². The van der Waals surface area contributed by atoms with E-state index >= 15 is 0 Å². The van der Waals surface area contributed by atoms with Gasteiger partial charge >= 0.3 is 8.69 Å². The molecular formula is C4H12O2P+. The van der Waals surface area contributed by atoms with E-state index in [4.69, 9.17) is 0 Å².